The van der Waals surface area contributed by atoms with Crippen LogP contribution in [-0.2, 0) is 17.8 Å². The summed E-state index contributed by atoms with van der Waals surface area (Å²) >= 11 is 0. The minimum atomic E-state index is -0.00307. The first-order valence-electron chi connectivity index (χ1n) is 6.45. The molecule has 0 aliphatic carbocycles. The predicted octanol–water partition coefficient (Wildman–Crippen LogP) is 1.86. The Hall–Kier alpha value is -2.10. The second-order valence-electron chi connectivity index (χ2n) is 4.74. The number of aryl methyl sites for hydroxylation is 2. The number of amides is 1. The first kappa shape index (κ1) is 13.3. The van der Waals surface area contributed by atoms with Gasteiger partial charge in [-0.3, -0.25) is 9.48 Å². The first-order valence-corrected chi connectivity index (χ1v) is 6.45. The lowest BCUT2D eigenvalue weighted by Gasteiger charge is -2.07. The van der Waals surface area contributed by atoms with Gasteiger partial charge in [-0.1, -0.05) is 24.3 Å². The van der Waals surface area contributed by atoms with Crippen molar-refractivity contribution in [2.24, 2.45) is 0 Å². The topological polar surface area (TPSA) is 46.9 Å². The molecule has 0 fully saturated rings. The Labute approximate surface area is 113 Å². The van der Waals surface area contributed by atoms with Crippen LogP contribution < -0.4 is 5.32 Å². The van der Waals surface area contributed by atoms with Crippen LogP contribution in [0, 0.1) is 13.8 Å². The monoisotopic (exact) mass is 257 g/mol. The number of hydrogen-bond donors (Lipinski definition) is 1. The van der Waals surface area contributed by atoms with Gasteiger partial charge in [0.05, 0.1) is 6.20 Å². The molecular formula is C15H19N3O. The lowest BCUT2D eigenvalue weighted by Crippen LogP contribution is -2.29. The van der Waals surface area contributed by atoms with Crippen molar-refractivity contribution in [3.05, 3.63) is 53.3 Å². The van der Waals surface area contributed by atoms with E-state index in [0.717, 1.165) is 12.0 Å². The lowest BCUT2D eigenvalue weighted by atomic mass is 10.1. The third-order valence-electron chi connectivity index (χ3n) is 3.05. The van der Waals surface area contributed by atoms with E-state index in [1.54, 1.807) is 10.9 Å². The molecule has 0 spiro atoms. The molecule has 4 nitrogen and oxygen atoms in total. The Bertz CT molecular complexity index is 560. The molecule has 0 atom stereocenters. The van der Waals surface area contributed by atoms with Crippen molar-refractivity contribution < 1.29 is 4.79 Å². The Kier molecular flexibility index (Phi) is 4.34. The smallest absolute Gasteiger partial charge is 0.241 e. The Morgan fingerprint density at radius 3 is 2.79 bits per heavy atom. The summed E-state index contributed by atoms with van der Waals surface area (Å²) in [6, 6.07) is 8.23. The number of carbonyl (C=O) groups excluding carboxylic acids is 1. The number of nitrogens with one attached hydrogen (secondary N) is 1. The maximum Gasteiger partial charge on any atom is 0.241 e. The van der Waals surface area contributed by atoms with Crippen molar-refractivity contribution in [2.45, 2.75) is 26.8 Å². The number of nitrogens with zero attached hydrogens (tertiary/aromatic N) is 2. The average Bonchev–Trinajstić information content (AvgIpc) is 2.77. The fourth-order valence-electron chi connectivity index (χ4n) is 1.98. The van der Waals surface area contributed by atoms with E-state index in [-0.39, 0.29) is 12.5 Å². The fourth-order valence-corrected chi connectivity index (χ4v) is 1.98. The molecule has 19 heavy (non-hydrogen) atoms. The molecule has 0 unspecified atom stereocenters. The number of rotatable bonds is 5. The second-order valence-corrected chi connectivity index (χ2v) is 4.74. The molecule has 100 valence electrons. The molecule has 0 radical (unpaired) electrons. The normalized spacial score (nSPS) is 10.4. The maximum absolute atomic E-state index is 11.7. The molecule has 1 amide bonds. The molecule has 0 aliphatic heterocycles. The second kappa shape index (κ2) is 6.18. The van der Waals surface area contributed by atoms with E-state index < -0.39 is 0 Å². The van der Waals surface area contributed by atoms with Gasteiger partial charge in [-0.05, 0) is 37.0 Å². The number of benzene rings is 1. The van der Waals surface area contributed by atoms with E-state index in [1.165, 1.54) is 11.1 Å². The number of hydrogen-bond acceptors (Lipinski definition) is 2. The van der Waals surface area contributed by atoms with Crippen molar-refractivity contribution >= 4 is 5.91 Å². The summed E-state index contributed by atoms with van der Waals surface area (Å²) in [4.78, 5) is 11.7. The van der Waals surface area contributed by atoms with Gasteiger partial charge < -0.3 is 5.32 Å². The van der Waals surface area contributed by atoms with Crippen LogP contribution in [-0.4, -0.2) is 22.2 Å². The zero-order valence-corrected chi connectivity index (χ0v) is 11.4. The Morgan fingerprint density at radius 1 is 1.32 bits per heavy atom. The van der Waals surface area contributed by atoms with E-state index in [4.69, 9.17) is 0 Å². The summed E-state index contributed by atoms with van der Waals surface area (Å²) in [6.45, 7) is 4.98. The molecule has 4 heteroatoms. The highest BCUT2D eigenvalue weighted by Crippen LogP contribution is 2.06. The number of carbonyl (C=O) groups is 1. The van der Waals surface area contributed by atoms with E-state index in [2.05, 4.69) is 29.5 Å². The highest BCUT2D eigenvalue weighted by atomic mass is 16.2. The number of aromatic nitrogens is 2. The van der Waals surface area contributed by atoms with E-state index in [1.807, 2.05) is 25.3 Å². The zero-order valence-electron chi connectivity index (χ0n) is 11.4. The largest absolute Gasteiger partial charge is 0.354 e. The minimum Gasteiger partial charge on any atom is -0.354 e. The van der Waals surface area contributed by atoms with Crippen LogP contribution in [0.3, 0.4) is 0 Å². The molecular weight excluding hydrogens is 238 g/mol. The molecule has 0 bridgehead atoms. The molecule has 2 rings (SSSR count). The van der Waals surface area contributed by atoms with Crippen LogP contribution in [0.2, 0.25) is 0 Å². The predicted molar refractivity (Wildman–Crippen MR) is 74.9 cm³/mol. The van der Waals surface area contributed by atoms with Crippen LogP contribution in [0.4, 0.5) is 0 Å². The quantitative estimate of drug-likeness (QED) is 0.888. The van der Waals surface area contributed by atoms with E-state index in [0.29, 0.717) is 6.54 Å². The zero-order chi connectivity index (χ0) is 13.7. The van der Waals surface area contributed by atoms with Gasteiger partial charge in [0, 0.05) is 12.7 Å². The van der Waals surface area contributed by atoms with Crippen molar-refractivity contribution in [3.8, 4) is 0 Å². The molecule has 2 aromatic rings. The molecule has 1 N–H and O–H groups in total. The highest BCUT2D eigenvalue weighted by molar-refractivity contribution is 5.75. The fraction of sp³-hybridized carbons (Fsp3) is 0.333. The molecule has 1 aromatic carbocycles. The molecule has 0 aliphatic rings. The third-order valence-corrected chi connectivity index (χ3v) is 3.05. The van der Waals surface area contributed by atoms with Crippen molar-refractivity contribution in [2.75, 3.05) is 6.54 Å². The average molecular weight is 257 g/mol. The summed E-state index contributed by atoms with van der Waals surface area (Å²) in [6.07, 6.45) is 4.47. The van der Waals surface area contributed by atoms with Crippen LogP contribution in [0.1, 0.15) is 16.7 Å². The van der Waals surface area contributed by atoms with E-state index in [9.17, 15) is 4.79 Å². The standard InChI is InChI=1S/C15H19N3O/c1-12-9-17-18(10-12)11-15(19)16-8-7-14-6-4-3-5-13(14)2/h3-6,9-10H,7-8,11H2,1-2H3,(H,16,19). The molecule has 1 aromatic heterocycles. The first-order chi connectivity index (χ1) is 9.15. The van der Waals surface area contributed by atoms with Crippen molar-refractivity contribution in [1.82, 2.24) is 15.1 Å². The third kappa shape index (κ3) is 3.95. The van der Waals surface area contributed by atoms with Gasteiger partial charge in [0.2, 0.25) is 5.91 Å². The van der Waals surface area contributed by atoms with Gasteiger partial charge >= 0.3 is 0 Å². The van der Waals surface area contributed by atoms with Crippen LogP contribution in [0.25, 0.3) is 0 Å². The Balaban J connectivity index is 1.77. The summed E-state index contributed by atoms with van der Waals surface area (Å²) in [5.74, 6) is -0.00307. The van der Waals surface area contributed by atoms with Gasteiger partial charge in [0.25, 0.3) is 0 Å². The highest BCUT2D eigenvalue weighted by Gasteiger charge is 2.03. The maximum atomic E-state index is 11.7. The molecule has 1 heterocycles. The van der Waals surface area contributed by atoms with Gasteiger partial charge in [0.1, 0.15) is 6.54 Å². The van der Waals surface area contributed by atoms with Gasteiger partial charge in [-0.25, -0.2) is 0 Å². The SMILES string of the molecule is Cc1cnn(CC(=O)NCCc2ccccc2C)c1. The van der Waals surface area contributed by atoms with Gasteiger partial charge in [-0.15, -0.1) is 0 Å². The minimum absolute atomic E-state index is 0.00307. The van der Waals surface area contributed by atoms with Crippen LogP contribution >= 0.6 is 0 Å². The van der Waals surface area contributed by atoms with Crippen molar-refractivity contribution in [1.29, 1.82) is 0 Å². The summed E-state index contributed by atoms with van der Waals surface area (Å²) in [5.41, 5.74) is 3.60. The van der Waals surface area contributed by atoms with Crippen molar-refractivity contribution in [3.63, 3.8) is 0 Å². The van der Waals surface area contributed by atoms with Gasteiger partial charge in [0.15, 0.2) is 0 Å². The summed E-state index contributed by atoms with van der Waals surface area (Å²) in [5, 5.41) is 7.01. The van der Waals surface area contributed by atoms with E-state index >= 15 is 0 Å². The summed E-state index contributed by atoms with van der Waals surface area (Å²) in [7, 11) is 0. The lowest BCUT2D eigenvalue weighted by molar-refractivity contribution is -0.121. The molecule has 0 saturated carbocycles. The van der Waals surface area contributed by atoms with Gasteiger partial charge in [-0.2, -0.15) is 5.10 Å². The summed E-state index contributed by atoms with van der Waals surface area (Å²) < 4.78 is 1.65. The van der Waals surface area contributed by atoms with Crippen LogP contribution in [0.5, 0.6) is 0 Å². The Morgan fingerprint density at radius 2 is 2.11 bits per heavy atom. The van der Waals surface area contributed by atoms with Crippen LogP contribution in [0.15, 0.2) is 36.7 Å². The molecule has 0 saturated heterocycles.